The van der Waals surface area contributed by atoms with Gasteiger partial charge in [-0.2, -0.15) is 0 Å². The molecule has 0 saturated carbocycles. The second-order valence-electron chi connectivity index (χ2n) is 9.73. The van der Waals surface area contributed by atoms with Gasteiger partial charge in [0.25, 0.3) is 0 Å². The summed E-state index contributed by atoms with van der Waals surface area (Å²) >= 11 is 1.63. The first kappa shape index (κ1) is 29.9. The first-order valence-corrected chi connectivity index (χ1v) is 17.2. The fourth-order valence-corrected chi connectivity index (χ4v) is 9.88. The summed E-state index contributed by atoms with van der Waals surface area (Å²) in [6.45, 7) is 1.90. The molecule has 2 atom stereocenters. The van der Waals surface area contributed by atoms with Crippen molar-refractivity contribution >= 4 is 38.6 Å². The van der Waals surface area contributed by atoms with Crippen LogP contribution in [0.5, 0.6) is 0 Å². The van der Waals surface area contributed by atoms with E-state index in [1.54, 1.807) is 11.8 Å². The van der Waals surface area contributed by atoms with E-state index in [0.717, 1.165) is 30.7 Å². The van der Waals surface area contributed by atoms with Crippen LogP contribution < -0.4 is 0 Å². The number of hydrogen-bond donors (Lipinski definition) is 0. The second kappa shape index (κ2) is 13.6. The van der Waals surface area contributed by atoms with Crippen LogP contribution in [0, 0.1) is 0 Å². The van der Waals surface area contributed by atoms with Crippen molar-refractivity contribution < 1.29 is 17.8 Å². The van der Waals surface area contributed by atoms with E-state index in [2.05, 4.69) is 24.3 Å². The van der Waals surface area contributed by atoms with Gasteiger partial charge in [-0.3, -0.25) is 4.79 Å². The third kappa shape index (κ3) is 7.23. The highest BCUT2D eigenvalue weighted by atomic mass is 32.3. The lowest BCUT2D eigenvalue weighted by molar-refractivity contribution is 0.103. The van der Waals surface area contributed by atoms with Crippen molar-refractivity contribution in [3.8, 4) is 11.1 Å². The molecule has 5 aromatic carbocycles. The molecule has 0 aliphatic rings. The molecule has 0 amide bonds. The van der Waals surface area contributed by atoms with E-state index in [9.17, 15) is 17.8 Å². The van der Waals surface area contributed by atoms with Gasteiger partial charge in [-0.1, -0.05) is 85.8 Å². The normalized spacial score (nSPS) is 12.9. The van der Waals surface area contributed by atoms with Crippen LogP contribution in [0.1, 0.15) is 35.7 Å². The first-order valence-electron chi connectivity index (χ1n) is 13.6. The maximum Gasteiger partial charge on any atom is 0.216 e. The molecule has 0 aliphatic heterocycles. The van der Waals surface area contributed by atoms with Crippen LogP contribution >= 0.6 is 11.8 Å². The molecule has 0 N–H and O–H groups in total. The fraction of sp³-hybridized carbons (Fsp3) is 0.114. The Morgan fingerprint density at radius 3 is 1.64 bits per heavy atom. The molecular weight excluding hydrogens is 581 g/mol. The molecule has 5 aromatic rings. The van der Waals surface area contributed by atoms with Gasteiger partial charge < -0.3 is 4.55 Å². The largest absolute Gasteiger partial charge is 0.744 e. The average Bonchev–Trinajstić information content (AvgIpc) is 3.02. The van der Waals surface area contributed by atoms with Crippen LogP contribution in [0.4, 0.5) is 0 Å². The highest BCUT2D eigenvalue weighted by Crippen LogP contribution is 2.35. The maximum atomic E-state index is 12.7. The lowest BCUT2D eigenvalue weighted by Gasteiger charge is -2.21. The summed E-state index contributed by atoms with van der Waals surface area (Å²) < 4.78 is 35.9. The van der Waals surface area contributed by atoms with Crippen LogP contribution in [0.3, 0.4) is 0 Å². The van der Waals surface area contributed by atoms with E-state index in [1.165, 1.54) is 0 Å². The second-order valence-corrected chi connectivity index (χ2v) is 14.9. The van der Waals surface area contributed by atoms with Crippen molar-refractivity contribution in [3.05, 3.63) is 145 Å². The zero-order chi connectivity index (χ0) is 29.5. The fourth-order valence-electron chi connectivity index (χ4n) is 4.70. The highest BCUT2D eigenvalue weighted by molar-refractivity contribution is 8.09. The number of rotatable bonds is 11. The van der Waals surface area contributed by atoms with Crippen molar-refractivity contribution in [3.63, 3.8) is 0 Å². The van der Waals surface area contributed by atoms with Gasteiger partial charge in [-0.05, 0) is 83.9 Å². The molecule has 4 nitrogen and oxygen atoms in total. The maximum absolute atomic E-state index is 12.7. The Labute approximate surface area is 254 Å². The molecule has 42 heavy (non-hydrogen) atoms. The van der Waals surface area contributed by atoms with Gasteiger partial charge >= 0.3 is 0 Å². The lowest BCUT2D eigenvalue weighted by atomic mass is 10.0. The number of hydrogen-bond acceptors (Lipinski definition) is 5. The van der Waals surface area contributed by atoms with E-state index in [0.29, 0.717) is 24.0 Å². The number of carbonyl (C=O) groups excluding carboxylic acids is 1. The molecule has 0 saturated heterocycles. The molecule has 5 rings (SSSR count). The van der Waals surface area contributed by atoms with Crippen LogP contribution in [0.15, 0.2) is 153 Å². The molecule has 212 valence electrons. The molecule has 0 heterocycles. The van der Waals surface area contributed by atoms with E-state index in [-0.39, 0.29) is 5.78 Å². The Morgan fingerprint density at radius 1 is 0.667 bits per heavy atom. The van der Waals surface area contributed by atoms with Crippen LogP contribution in [0.25, 0.3) is 11.1 Å². The molecule has 0 aliphatic carbocycles. The zero-order valence-electron chi connectivity index (χ0n) is 23.1. The van der Waals surface area contributed by atoms with Crippen LogP contribution in [0.2, 0.25) is 0 Å². The topological polar surface area (TPSA) is 74.3 Å². The van der Waals surface area contributed by atoms with Crippen LogP contribution in [-0.2, 0) is 21.0 Å². The van der Waals surface area contributed by atoms with Gasteiger partial charge in [-0.15, -0.1) is 0 Å². The van der Waals surface area contributed by atoms with Crippen molar-refractivity contribution in [1.29, 1.82) is 0 Å². The summed E-state index contributed by atoms with van der Waals surface area (Å²) in [4.78, 5) is 16.5. The predicted octanol–water partition coefficient (Wildman–Crippen LogP) is 8.44. The molecule has 0 fully saturated rings. The van der Waals surface area contributed by atoms with Gasteiger partial charge in [0.05, 0.1) is 10.9 Å². The van der Waals surface area contributed by atoms with Crippen molar-refractivity contribution in [2.75, 3.05) is 0 Å². The Kier molecular flexibility index (Phi) is 9.65. The monoisotopic (exact) mass is 610 g/mol. The van der Waals surface area contributed by atoms with Crippen molar-refractivity contribution in [2.24, 2.45) is 0 Å². The highest BCUT2D eigenvalue weighted by Gasteiger charge is 2.39. The summed E-state index contributed by atoms with van der Waals surface area (Å²) in [7, 11) is -5.38. The summed E-state index contributed by atoms with van der Waals surface area (Å²) in [5.41, 5.74) is 3.38. The van der Waals surface area contributed by atoms with Gasteiger partial charge in [-0.25, -0.2) is 8.42 Å². The van der Waals surface area contributed by atoms with Gasteiger partial charge in [0.2, 0.25) is 4.58 Å². The van der Waals surface area contributed by atoms with E-state index in [1.807, 2.05) is 116 Å². The Hall–Kier alpha value is -3.62. The van der Waals surface area contributed by atoms with Crippen LogP contribution in [-0.4, -0.2) is 23.3 Å². The molecular formula is C35H30O4S3. The predicted molar refractivity (Wildman–Crippen MR) is 171 cm³/mol. The number of benzene rings is 5. The number of carbonyl (C=O) groups is 1. The molecule has 0 radical (unpaired) electrons. The molecule has 7 heteroatoms. The third-order valence-corrected chi connectivity index (χ3v) is 12.3. The zero-order valence-corrected chi connectivity index (χ0v) is 25.5. The molecule has 0 aromatic heterocycles. The van der Waals surface area contributed by atoms with E-state index < -0.39 is 25.6 Å². The summed E-state index contributed by atoms with van der Waals surface area (Å²) in [6, 6.07) is 42.5. The molecule has 2 unspecified atom stereocenters. The standard InChI is InChI=1S/C35H30O4S3/c1-2-9-34(42(37,38)39)41(32-12-7-4-8-13-32)33-24-18-27(19-25-33)26-14-20-30(21-15-26)40-31-22-16-29(17-23-31)35(36)28-10-5-3-6-11-28/h3-8,10-25,34H,2,9H2,1H3. The summed E-state index contributed by atoms with van der Waals surface area (Å²) in [5.74, 6) is 0.00804. The minimum Gasteiger partial charge on any atom is -0.744 e. The van der Waals surface area contributed by atoms with Gasteiger partial charge in [0, 0.05) is 27.3 Å². The third-order valence-electron chi connectivity index (χ3n) is 6.79. The van der Waals surface area contributed by atoms with Gasteiger partial charge in [0.15, 0.2) is 15.6 Å². The van der Waals surface area contributed by atoms with Gasteiger partial charge in [0.1, 0.15) is 10.1 Å². The Morgan fingerprint density at radius 2 is 1.12 bits per heavy atom. The van der Waals surface area contributed by atoms with E-state index >= 15 is 0 Å². The lowest BCUT2D eigenvalue weighted by Crippen LogP contribution is -2.30. The minimum atomic E-state index is -4.49. The molecule has 0 bridgehead atoms. The van der Waals surface area contributed by atoms with Crippen molar-refractivity contribution in [2.45, 2.75) is 43.9 Å². The summed E-state index contributed by atoms with van der Waals surface area (Å²) in [5, 5.41) is 0. The van der Waals surface area contributed by atoms with Crippen molar-refractivity contribution in [1.82, 2.24) is 0 Å². The Bertz CT molecular complexity index is 1720. The summed E-state index contributed by atoms with van der Waals surface area (Å²) in [6.07, 6.45) is 0.928. The van der Waals surface area contributed by atoms with E-state index in [4.69, 9.17) is 0 Å². The minimum absolute atomic E-state index is 0.00804. The number of ketones is 1. The first-order chi connectivity index (χ1) is 20.3. The molecule has 0 spiro atoms. The Balaban J connectivity index is 1.31. The smallest absolute Gasteiger partial charge is 0.216 e. The quantitative estimate of drug-likeness (QED) is 0.0852. The SMILES string of the molecule is CCCC([S+](c1ccccc1)c1ccc(-c2ccc(Sc3ccc(C(=O)c4ccccc4)cc3)cc2)cc1)S(=O)(=O)[O-]. The average molecular weight is 611 g/mol.